The fourth-order valence-corrected chi connectivity index (χ4v) is 0. The minimum atomic E-state index is -5.61. The van der Waals surface area contributed by atoms with Gasteiger partial charge in [-0.1, -0.05) is 7.43 Å². The largest absolute Gasteiger partial charge is 1.00 e. The van der Waals surface area contributed by atoms with E-state index >= 15 is 0 Å². The van der Waals surface area contributed by atoms with E-state index in [0.29, 0.717) is 0 Å². The first-order valence-corrected chi connectivity index (χ1v) is 24.6. The van der Waals surface area contributed by atoms with E-state index in [-0.39, 0.29) is 192 Å². The molecule has 0 radical (unpaired) electrons. The van der Waals surface area contributed by atoms with Crippen molar-refractivity contribution in [1.82, 2.24) is 0 Å². The van der Waals surface area contributed by atoms with Crippen molar-refractivity contribution in [2.75, 3.05) is 0 Å². The van der Waals surface area contributed by atoms with Gasteiger partial charge in [-0.2, -0.15) is 0 Å². The molecule has 46 heteroatoms. The fraction of sp³-hybridized carbons (Fsp3) is 1.00. The monoisotopic (exact) mass is 936 g/mol. The molecule has 47 heavy (non-hydrogen) atoms. The molecular weight excluding hydrogens is 897 g/mol. The van der Waals surface area contributed by atoms with Crippen LogP contribution in [0.4, 0.5) is 0 Å². The molecule has 0 fully saturated rings. The van der Waals surface area contributed by atoms with Gasteiger partial charge < -0.3 is 139 Å². The van der Waals surface area contributed by atoms with Gasteiger partial charge in [0.15, 0.2) is 0 Å². The maximum absolute atomic E-state index is 9.48. The zero-order valence-electron chi connectivity index (χ0n) is 24.2. The molecule has 0 aliphatic rings. The Balaban J connectivity index is -0.00000000732. The number of hydrogen-bond acceptors (Lipinski definition) is 21. The van der Waals surface area contributed by atoms with Gasteiger partial charge in [-0.25, -0.2) is 5.26 Å². The Kier molecular flexibility index (Phi) is 407. The molecule has 0 unspecified atom stereocenters. The molecule has 32 nitrogen and oxygen atoms in total. The van der Waals surface area contributed by atoms with E-state index < -0.39 is 64.5 Å². The van der Waals surface area contributed by atoms with Crippen molar-refractivity contribution < 1.29 is 276 Å². The van der Waals surface area contributed by atoms with Crippen molar-refractivity contribution in [2.24, 2.45) is 0 Å². The predicted molar refractivity (Wildman–Crippen MR) is 137 cm³/mol. The van der Waals surface area contributed by atoms with Crippen molar-refractivity contribution in [3.05, 3.63) is 0 Å². The first-order valence-electron chi connectivity index (χ1n) is 6.08. The van der Waals surface area contributed by atoms with Gasteiger partial charge in [-0.15, -0.1) is 0 Å². The van der Waals surface area contributed by atoms with Gasteiger partial charge in [0.25, 0.3) is 0 Å². The van der Waals surface area contributed by atoms with Gasteiger partial charge in [-0.3, -0.25) is 22.3 Å². The standard InChI is InChI=1S/CH4.4Na.2H4O4Si.O4Si.2H2O3Si.2O2Si.H6OSi3.9H2O/c;;;;;3*1-5(2,3)4;1-4(2)3;1-3-4-2;2*1-3-2;1-3-4-2;;;;;;;;;/h1H4;;;;;2*1-4H;;1-2H;1,4H;;;3H,4H2,2H3;9*1H2/q;4*+1;;;-4;;;;;;;;;;;;;;. The molecule has 29 N–H and O–H groups in total. The molecule has 0 rings (SSSR count). The van der Waals surface area contributed by atoms with E-state index in [4.69, 9.17) is 99.2 Å². The molecular formula is CH40Na4O32Si10. The average molecular weight is 937 g/mol. The van der Waals surface area contributed by atoms with Gasteiger partial charge >= 0.3 is 174 Å². The van der Waals surface area contributed by atoms with Crippen LogP contribution in [0.15, 0.2) is 0 Å². The second-order valence-corrected chi connectivity index (χ2v) is 19.6. The van der Waals surface area contributed by atoms with Crippen LogP contribution in [0, 0.1) is 0 Å². The molecule has 0 aromatic rings. The summed E-state index contributed by atoms with van der Waals surface area (Å²) in [5.74, 6) is 0. The van der Waals surface area contributed by atoms with Gasteiger partial charge in [0.2, 0.25) is 8.92 Å². The smallest absolute Gasteiger partial charge is 0.894 e. The normalized spacial score (nSPS) is 5.98. The summed E-state index contributed by atoms with van der Waals surface area (Å²) in [5.41, 5.74) is 0. The Morgan fingerprint density at radius 1 is 0.617 bits per heavy atom. The zero-order valence-corrected chi connectivity index (χ0v) is 43.9. The Bertz CT molecular complexity index is 413. The van der Waals surface area contributed by atoms with Crippen LogP contribution in [0.5, 0.6) is 0 Å². The third-order valence-corrected chi connectivity index (χ3v) is 4.63. The topological polar surface area (TPSA) is 727 Å². The third-order valence-electron chi connectivity index (χ3n) is 0.210. The van der Waals surface area contributed by atoms with Crippen LogP contribution < -0.4 is 137 Å². The van der Waals surface area contributed by atoms with E-state index in [9.17, 15) is 4.46 Å². The van der Waals surface area contributed by atoms with Crippen LogP contribution in [-0.2, 0) is 35.8 Å². The second kappa shape index (κ2) is 125. The van der Waals surface area contributed by atoms with Crippen LogP contribution in [0.2, 0.25) is 0 Å². The average Bonchev–Trinajstić information content (AvgIpc) is 2.51. The van der Waals surface area contributed by atoms with E-state index in [0.717, 1.165) is 0 Å². The summed E-state index contributed by atoms with van der Waals surface area (Å²) in [4.78, 5) is 107. The molecule has 0 bridgehead atoms. The molecule has 0 saturated carbocycles. The maximum Gasteiger partial charge on any atom is 1.00 e. The number of hydrogen-bond donors (Lipinski definition) is 11. The molecule has 280 valence electrons. The van der Waals surface area contributed by atoms with Crippen molar-refractivity contribution >= 4 is 91.8 Å². The van der Waals surface area contributed by atoms with Crippen LogP contribution in [-0.4, -0.2) is 194 Å². The van der Waals surface area contributed by atoms with E-state index in [1.807, 2.05) is 0 Å². The summed E-state index contributed by atoms with van der Waals surface area (Å²) >= 11 is 0. The molecule has 0 amide bonds. The molecule has 0 aromatic heterocycles. The van der Waals surface area contributed by atoms with E-state index in [1.165, 1.54) is 9.76 Å². The van der Waals surface area contributed by atoms with Crippen LogP contribution in [0.3, 0.4) is 0 Å². The van der Waals surface area contributed by atoms with E-state index in [1.54, 1.807) is 0 Å². The van der Waals surface area contributed by atoms with E-state index in [2.05, 4.69) is 4.58 Å². The molecule has 0 saturated heterocycles. The summed E-state index contributed by atoms with van der Waals surface area (Å²) in [6.45, 7) is 0. The van der Waals surface area contributed by atoms with Crippen LogP contribution in [0.1, 0.15) is 7.43 Å². The summed E-state index contributed by atoms with van der Waals surface area (Å²) in [6, 6.07) is 0. The molecule has 0 heterocycles. The zero-order chi connectivity index (χ0) is 29.3. The predicted octanol–water partition coefficient (Wildman–Crippen LogP) is -35.7. The summed E-state index contributed by atoms with van der Waals surface area (Å²) < 4.78 is 63.8. The van der Waals surface area contributed by atoms with Gasteiger partial charge in [0.05, 0.1) is 8.55 Å². The molecule has 0 aliphatic heterocycles. The Morgan fingerprint density at radius 2 is 0.660 bits per heavy atom. The third kappa shape index (κ3) is 3940. The van der Waals surface area contributed by atoms with Gasteiger partial charge in [0.1, 0.15) is 0 Å². The van der Waals surface area contributed by atoms with Crippen molar-refractivity contribution in [1.29, 1.82) is 0 Å². The number of rotatable bonds is 2. The Labute approximate surface area is 370 Å². The minimum Gasteiger partial charge on any atom is -0.894 e. The molecule has 0 aliphatic carbocycles. The summed E-state index contributed by atoms with van der Waals surface area (Å²) in [5, 5.41) is 7.10. The summed E-state index contributed by atoms with van der Waals surface area (Å²) in [6.07, 6.45) is 0. The Hall–Kier alpha value is 3.29. The summed E-state index contributed by atoms with van der Waals surface area (Å²) in [7, 11) is -21.1. The SMILES string of the molecule is C.O.O.O.O.O.O.O.O.O.O=[SiH]OO.O=[SiH][SiH2][SiH3].O=[Si](O)O.O=[Si]=O.O=[Si]=O.O[Si](O)(O)O.O[Si](O)(O)O.[Na+].[Na+].[Na+].[Na+].[O-][Si]([O-])([O-])[O-]. The van der Waals surface area contributed by atoms with Gasteiger partial charge in [0, 0.05) is 0 Å². The van der Waals surface area contributed by atoms with Crippen molar-refractivity contribution in [3.63, 3.8) is 0 Å². The van der Waals surface area contributed by atoms with Crippen LogP contribution >= 0.6 is 0 Å². The maximum atomic E-state index is 9.48. The second-order valence-electron chi connectivity index (χ2n) is 2.93. The van der Waals surface area contributed by atoms with Crippen molar-refractivity contribution in [2.45, 2.75) is 7.43 Å². The fourth-order valence-electron chi connectivity index (χ4n) is 0. The molecule has 0 atom stereocenters. The van der Waals surface area contributed by atoms with Crippen molar-refractivity contribution in [3.8, 4) is 0 Å². The molecule has 0 spiro atoms. The first-order chi connectivity index (χ1) is 14.4. The van der Waals surface area contributed by atoms with Gasteiger partial charge in [-0.05, 0) is 9.76 Å². The quantitative estimate of drug-likeness (QED) is 0.0696. The Morgan fingerprint density at radius 3 is 0.660 bits per heavy atom. The minimum absolute atomic E-state index is 0. The van der Waals surface area contributed by atoms with Crippen LogP contribution in [0.25, 0.3) is 0 Å². The first kappa shape index (κ1) is 153. The molecule has 0 aromatic carbocycles.